The SMILES string of the molecule is O=C(c1ccc(Cl)cc1)c1ccc(OCc2cc([N+](=O)[O-])cc3c2OCOC3)cc1. The molecule has 0 radical (unpaired) electrons. The molecule has 0 bridgehead atoms. The second-order valence-electron chi connectivity index (χ2n) is 6.61. The summed E-state index contributed by atoms with van der Waals surface area (Å²) in [6.45, 7) is 0.402. The van der Waals surface area contributed by atoms with Crippen LogP contribution in [-0.2, 0) is 18.0 Å². The van der Waals surface area contributed by atoms with E-state index in [-0.39, 0.29) is 31.5 Å². The Bertz CT molecular complexity index is 1100. The Hall–Kier alpha value is -3.42. The number of carbonyl (C=O) groups excluding carboxylic acids is 1. The molecule has 1 heterocycles. The zero-order valence-corrected chi connectivity index (χ0v) is 16.4. The third kappa shape index (κ3) is 4.27. The fraction of sp³-hybridized carbons (Fsp3) is 0.136. The van der Waals surface area contributed by atoms with Gasteiger partial charge in [0.15, 0.2) is 12.6 Å². The third-order valence-corrected chi connectivity index (χ3v) is 4.85. The van der Waals surface area contributed by atoms with Gasteiger partial charge in [0, 0.05) is 39.4 Å². The minimum absolute atomic E-state index is 0.0506. The number of nitrogens with zero attached hydrogens (tertiary/aromatic N) is 1. The lowest BCUT2D eigenvalue weighted by atomic mass is 10.0. The van der Waals surface area contributed by atoms with Crippen LogP contribution in [0.5, 0.6) is 11.5 Å². The van der Waals surface area contributed by atoms with Crippen molar-refractivity contribution < 1.29 is 23.9 Å². The summed E-state index contributed by atoms with van der Waals surface area (Å²) in [7, 11) is 0. The van der Waals surface area contributed by atoms with Crippen LogP contribution in [0.3, 0.4) is 0 Å². The Kier molecular flexibility index (Phi) is 5.65. The highest BCUT2D eigenvalue weighted by molar-refractivity contribution is 6.30. The van der Waals surface area contributed by atoms with Crippen LogP contribution in [0.2, 0.25) is 5.02 Å². The molecule has 0 spiro atoms. The Morgan fingerprint density at radius 2 is 1.73 bits per heavy atom. The van der Waals surface area contributed by atoms with Crippen LogP contribution in [0, 0.1) is 10.1 Å². The van der Waals surface area contributed by atoms with Crippen LogP contribution in [0.1, 0.15) is 27.0 Å². The summed E-state index contributed by atoms with van der Waals surface area (Å²) in [5, 5.41) is 11.8. The number of benzene rings is 3. The molecule has 0 saturated heterocycles. The lowest BCUT2D eigenvalue weighted by Crippen LogP contribution is -2.14. The Morgan fingerprint density at radius 1 is 1.07 bits per heavy atom. The van der Waals surface area contributed by atoms with Crippen molar-refractivity contribution in [3.63, 3.8) is 0 Å². The first-order valence-electron chi connectivity index (χ1n) is 9.05. The molecule has 0 amide bonds. The van der Waals surface area contributed by atoms with E-state index in [9.17, 15) is 14.9 Å². The van der Waals surface area contributed by atoms with E-state index in [1.807, 2.05) is 0 Å². The molecular weight excluding hydrogens is 410 g/mol. The smallest absolute Gasteiger partial charge is 0.270 e. The highest BCUT2D eigenvalue weighted by Gasteiger charge is 2.21. The molecule has 0 N–H and O–H groups in total. The van der Waals surface area contributed by atoms with Crippen molar-refractivity contribution in [2.75, 3.05) is 6.79 Å². The van der Waals surface area contributed by atoms with Gasteiger partial charge in [-0.2, -0.15) is 0 Å². The number of ketones is 1. The lowest BCUT2D eigenvalue weighted by molar-refractivity contribution is -0.385. The van der Waals surface area contributed by atoms with Gasteiger partial charge in [0.05, 0.1) is 11.5 Å². The molecule has 0 aliphatic carbocycles. The number of fused-ring (bicyclic) bond motifs is 1. The lowest BCUT2D eigenvalue weighted by Gasteiger charge is -2.20. The van der Waals surface area contributed by atoms with Crippen LogP contribution in [0.15, 0.2) is 60.7 Å². The summed E-state index contributed by atoms with van der Waals surface area (Å²) in [4.78, 5) is 23.3. The molecule has 3 aromatic carbocycles. The van der Waals surface area contributed by atoms with Crippen LogP contribution >= 0.6 is 11.6 Å². The van der Waals surface area contributed by atoms with Crippen molar-refractivity contribution in [2.45, 2.75) is 13.2 Å². The predicted octanol–water partition coefficient (Wildman–Crippen LogP) is 4.92. The number of non-ortho nitro benzene ring substituents is 1. The highest BCUT2D eigenvalue weighted by atomic mass is 35.5. The summed E-state index contributed by atoms with van der Waals surface area (Å²) in [5.41, 5.74) is 2.17. The number of hydrogen-bond donors (Lipinski definition) is 0. The van der Waals surface area contributed by atoms with Gasteiger partial charge in [-0.1, -0.05) is 11.6 Å². The van der Waals surface area contributed by atoms with Gasteiger partial charge in [0.25, 0.3) is 5.69 Å². The molecule has 0 atom stereocenters. The van der Waals surface area contributed by atoms with Gasteiger partial charge in [-0.25, -0.2) is 0 Å². The van der Waals surface area contributed by atoms with Crippen molar-refractivity contribution in [1.82, 2.24) is 0 Å². The molecule has 0 aromatic heterocycles. The summed E-state index contributed by atoms with van der Waals surface area (Å²) < 4.78 is 16.5. The minimum atomic E-state index is -0.463. The topological polar surface area (TPSA) is 87.9 Å². The van der Waals surface area contributed by atoms with Crippen molar-refractivity contribution in [2.24, 2.45) is 0 Å². The quantitative estimate of drug-likeness (QED) is 0.316. The number of halogens is 1. The molecule has 8 heteroatoms. The highest BCUT2D eigenvalue weighted by Crippen LogP contribution is 2.33. The standard InChI is InChI=1S/C22H16ClNO6/c23-18-5-1-14(2-6-18)21(25)15-3-7-20(8-4-15)29-12-17-10-19(24(26)27)9-16-11-28-13-30-22(16)17/h1-10H,11-13H2. The summed E-state index contributed by atoms with van der Waals surface area (Å²) >= 11 is 5.86. The fourth-order valence-corrected chi connectivity index (χ4v) is 3.25. The van der Waals surface area contributed by atoms with Gasteiger partial charge in [0.1, 0.15) is 18.1 Å². The van der Waals surface area contributed by atoms with E-state index in [1.54, 1.807) is 48.5 Å². The normalized spacial score (nSPS) is 12.6. The molecule has 0 unspecified atom stereocenters. The molecule has 3 aromatic rings. The molecule has 0 saturated carbocycles. The van der Waals surface area contributed by atoms with E-state index in [1.165, 1.54) is 12.1 Å². The second kappa shape index (κ2) is 8.52. The van der Waals surface area contributed by atoms with Crippen LogP contribution in [0.4, 0.5) is 5.69 Å². The molecule has 7 nitrogen and oxygen atoms in total. The number of hydrogen-bond acceptors (Lipinski definition) is 6. The summed E-state index contributed by atoms with van der Waals surface area (Å²) in [6, 6.07) is 16.2. The van der Waals surface area contributed by atoms with Crippen LogP contribution in [-0.4, -0.2) is 17.5 Å². The predicted molar refractivity (Wildman–Crippen MR) is 109 cm³/mol. The maximum Gasteiger partial charge on any atom is 0.270 e. The molecule has 1 aliphatic heterocycles. The minimum Gasteiger partial charge on any atom is -0.489 e. The van der Waals surface area contributed by atoms with E-state index in [0.717, 1.165) is 0 Å². The van der Waals surface area contributed by atoms with Gasteiger partial charge in [-0.05, 0) is 48.5 Å². The molecular formula is C22H16ClNO6. The molecule has 0 fully saturated rings. The van der Waals surface area contributed by atoms with E-state index >= 15 is 0 Å². The monoisotopic (exact) mass is 425 g/mol. The van der Waals surface area contributed by atoms with Gasteiger partial charge in [-0.15, -0.1) is 0 Å². The van der Waals surface area contributed by atoms with E-state index in [4.69, 9.17) is 25.8 Å². The van der Waals surface area contributed by atoms with Crippen molar-refractivity contribution in [3.8, 4) is 11.5 Å². The number of rotatable bonds is 6. The maximum absolute atomic E-state index is 12.5. The first kappa shape index (κ1) is 19.9. The van der Waals surface area contributed by atoms with E-state index in [0.29, 0.717) is 38.8 Å². The van der Waals surface area contributed by atoms with Gasteiger partial charge >= 0.3 is 0 Å². The number of carbonyl (C=O) groups is 1. The van der Waals surface area contributed by atoms with E-state index in [2.05, 4.69) is 0 Å². The summed E-state index contributed by atoms with van der Waals surface area (Å²) in [5.74, 6) is 0.940. The van der Waals surface area contributed by atoms with Crippen LogP contribution < -0.4 is 9.47 Å². The van der Waals surface area contributed by atoms with Crippen molar-refractivity contribution in [3.05, 3.63) is 98.1 Å². The average Bonchev–Trinajstić information content (AvgIpc) is 2.77. The Balaban J connectivity index is 1.49. The zero-order chi connectivity index (χ0) is 21.1. The largest absolute Gasteiger partial charge is 0.489 e. The fourth-order valence-electron chi connectivity index (χ4n) is 3.13. The van der Waals surface area contributed by atoms with Crippen molar-refractivity contribution in [1.29, 1.82) is 0 Å². The number of nitro benzene ring substituents is 1. The molecule has 1 aliphatic rings. The Labute approximate surface area is 176 Å². The summed E-state index contributed by atoms with van der Waals surface area (Å²) in [6.07, 6.45) is 0. The molecule has 4 rings (SSSR count). The Morgan fingerprint density at radius 3 is 2.40 bits per heavy atom. The molecule has 152 valence electrons. The van der Waals surface area contributed by atoms with Gasteiger partial charge in [0.2, 0.25) is 0 Å². The van der Waals surface area contributed by atoms with Gasteiger partial charge < -0.3 is 14.2 Å². The van der Waals surface area contributed by atoms with Gasteiger partial charge in [-0.3, -0.25) is 14.9 Å². The zero-order valence-electron chi connectivity index (χ0n) is 15.7. The first-order valence-corrected chi connectivity index (χ1v) is 9.43. The maximum atomic E-state index is 12.5. The molecule has 30 heavy (non-hydrogen) atoms. The first-order chi connectivity index (χ1) is 14.5. The van der Waals surface area contributed by atoms with E-state index < -0.39 is 4.92 Å². The number of nitro groups is 1. The average molecular weight is 426 g/mol. The third-order valence-electron chi connectivity index (χ3n) is 4.60. The second-order valence-corrected chi connectivity index (χ2v) is 7.05. The van der Waals surface area contributed by atoms with Crippen molar-refractivity contribution >= 4 is 23.1 Å². The van der Waals surface area contributed by atoms with Crippen LogP contribution in [0.25, 0.3) is 0 Å². The number of ether oxygens (including phenoxy) is 3.